The molecule has 0 atom stereocenters. The molecule has 2 aromatic carbocycles. The van der Waals surface area contributed by atoms with E-state index in [1.54, 1.807) is 0 Å². The van der Waals surface area contributed by atoms with Gasteiger partial charge in [0.1, 0.15) is 4.90 Å². The van der Waals surface area contributed by atoms with Crippen LogP contribution in [0, 0.1) is 10.1 Å². The number of nitro groups is 1. The zero-order valence-electron chi connectivity index (χ0n) is 15.1. The molecule has 28 heavy (non-hydrogen) atoms. The molecule has 1 aromatic heterocycles. The van der Waals surface area contributed by atoms with Crippen LogP contribution in [0.1, 0.15) is 5.56 Å². The number of non-ortho nitro benzene ring substituents is 1. The van der Waals surface area contributed by atoms with Gasteiger partial charge in [-0.3, -0.25) is 15.0 Å². The van der Waals surface area contributed by atoms with Crippen LogP contribution in [0.25, 0.3) is 10.9 Å². The third-order valence-electron chi connectivity index (χ3n) is 5.04. The second kappa shape index (κ2) is 7.34. The summed E-state index contributed by atoms with van der Waals surface area (Å²) in [7, 11) is -3.73. The van der Waals surface area contributed by atoms with Gasteiger partial charge in [-0.2, -0.15) is 4.31 Å². The molecule has 4 rings (SSSR count). The van der Waals surface area contributed by atoms with E-state index in [4.69, 9.17) is 0 Å². The van der Waals surface area contributed by atoms with Crippen molar-refractivity contribution >= 4 is 26.6 Å². The maximum absolute atomic E-state index is 13.1. The number of nitro benzene ring substituents is 1. The molecule has 0 spiro atoms. The lowest BCUT2D eigenvalue weighted by Crippen LogP contribution is -2.48. The molecule has 1 aliphatic heterocycles. The summed E-state index contributed by atoms with van der Waals surface area (Å²) in [5.41, 5.74) is 1.63. The van der Waals surface area contributed by atoms with E-state index in [1.165, 1.54) is 34.3 Å². The van der Waals surface area contributed by atoms with Gasteiger partial charge in [0.05, 0.1) is 4.92 Å². The summed E-state index contributed by atoms with van der Waals surface area (Å²) >= 11 is 0. The Kier molecular flexibility index (Phi) is 4.88. The Bertz CT molecular complexity index is 1100. The molecule has 3 aromatic rings. The van der Waals surface area contributed by atoms with Gasteiger partial charge >= 0.3 is 0 Å². The van der Waals surface area contributed by atoms with E-state index < -0.39 is 14.9 Å². The molecular weight excluding hydrogens is 380 g/mol. The van der Waals surface area contributed by atoms with Crippen molar-refractivity contribution in [3.8, 4) is 0 Å². The van der Waals surface area contributed by atoms with Crippen molar-refractivity contribution < 1.29 is 13.3 Å². The molecule has 1 fully saturated rings. The molecule has 0 unspecified atom stereocenters. The quantitative estimate of drug-likeness (QED) is 0.524. The largest absolute Gasteiger partial charge is 0.360 e. The van der Waals surface area contributed by atoms with E-state index in [9.17, 15) is 18.5 Å². The summed E-state index contributed by atoms with van der Waals surface area (Å²) in [4.78, 5) is 15.7. The molecule has 1 N–H and O–H groups in total. The van der Waals surface area contributed by atoms with Crippen LogP contribution >= 0.6 is 0 Å². The molecule has 146 valence electrons. The van der Waals surface area contributed by atoms with Crippen LogP contribution in [-0.4, -0.2) is 53.7 Å². The van der Waals surface area contributed by atoms with Gasteiger partial charge in [0.2, 0.25) is 10.0 Å². The predicted molar refractivity (Wildman–Crippen MR) is 105 cm³/mol. The van der Waals surface area contributed by atoms with Crippen LogP contribution in [0.3, 0.4) is 0 Å². The van der Waals surface area contributed by atoms with E-state index in [0.29, 0.717) is 37.1 Å². The van der Waals surface area contributed by atoms with Crippen molar-refractivity contribution in [3.05, 3.63) is 70.4 Å². The van der Waals surface area contributed by atoms with Gasteiger partial charge in [-0.1, -0.05) is 30.3 Å². The van der Waals surface area contributed by atoms with Crippen LogP contribution in [0.2, 0.25) is 0 Å². The zero-order chi connectivity index (χ0) is 19.7. The van der Waals surface area contributed by atoms with Crippen LogP contribution in [-0.2, 0) is 16.6 Å². The molecule has 8 nitrogen and oxygen atoms in total. The fourth-order valence-corrected chi connectivity index (χ4v) is 5.10. The average molecular weight is 400 g/mol. The second-order valence-corrected chi connectivity index (χ2v) is 8.71. The van der Waals surface area contributed by atoms with Gasteiger partial charge in [0, 0.05) is 62.0 Å². The number of aromatic nitrogens is 1. The monoisotopic (exact) mass is 400 g/mol. The topological polar surface area (TPSA) is 99.5 Å². The number of hydrogen-bond acceptors (Lipinski definition) is 5. The maximum Gasteiger partial charge on any atom is 0.270 e. The second-order valence-electron chi connectivity index (χ2n) is 6.81. The Morgan fingerprint density at radius 2 is 1.75 bits per heavy atom. The Balaban J connectivity index is 1.52. The van der Waals surface area contributed by atoms with Gasteiger partial charge in [0.15, 0.2) is 0 Å². The predicted octanol–water partition coefficient (Wildman–Crippen LogP) is 2.58. The van der Waals surface area contributed by atoms with Gasteiger partial charge in [-0.25, -0.2) is 8.42 Å². The Morgan fingerprint density at radius 1 is 1.04 bits per heavy atom. The Hall–Kier alpha value is -2.75. The first-order chi connectivity index (χ1) is 13.4. The highest BCUT2D eigenvalue weighted by atomic mass is 32.2. The summed E-state index contributed by atoms with van der Waals surface area (Å²) in [5, 5.41) is 11.4. The van der Waals surface area contributed by atoms with Crippen molar-refractivity contribution in [2.24, 2.45) is 0 Å². The summed E-state index contributed by atoms with van der Waals surface area (Å²) in [6.45, 7) is 2.83. The molecule has 0 bridgehead atoms. The lowest BCUT2D eigenvalue weighted by Gasteiger charge is -2.33. The number of hydrogen-bond donors (Lipinski definition) is 1. The minimum Gasteiger partial charge on any atom is -0.360 e. The molecule has 2 heterocycles. The number of fused-ring (bicyclic) bond motifs is 1. The van der Waals surface area contributed by atoms with E-state index in [-0.39, 0.29) is 10.6 Å². The van der Waals surface area contributed by atoms with Crippen molar-refractivity contribution in [2.75, 3.05) is 26.2 Å². The smallest absolute Gasteiger partial charge is 0.270 e. The van der Waals surface area contributed by atoms with Crippen molar-refractivity contribution in [3.63, 3.8) is 0 Å². The van der Waals surface area contributed by atoms with Crippen molar-refractivity contribution in [1.29, 1.82) is 0 Å². The lowest BCUT2D eigenvalue weighted by atomic mass is 10.2. The third-order valence-corrected chi connectivity index (χ3v) is 6.97. The first-order valence-corrected chi connectivity index (χ1v) is 10.4. The number of nitrogens with zero attached hydrogens (tertiary/aromatic N) is 3. The molecule has 0 radical (unpaired) electrons. The van der Waals surface area contributed by atoms with E-state index in [2.05, 4.69) is 22.0 Å². The van der Waals surface area contributed by atoms with Gasteiger partial charge in [-0.15, -0.1) is 0 Å². The van der Waals surface area contributed by atoms with Gasteiger partial charge < -0.3 is 4.98 Å². The van der Waals surface area contributed by atoms with E-state index in [1.807, 2.05) is 18.2 Å². The standard InChI is InChI=1S/C19H20N4O4S/c24-23(25)16-6-7-18-17(12-16)19(13-20-18)28(26,27)22-10-8-21(9-11-22)14-15-4-2-1-3-5-15/h1-7,12-13,20H,8-11,14H2. The zero-order valence-corrected chi connectivity index (χ0v) is 15.9. The number of nitrogens with one attached hydrogen (secondary N) is 1. The first kappa shape index (κ1) is 18.6. The first-order valence-electron chi connectivity index (χ1n) is 8.97. The number of sulfonamides is 1. The van der Waals surface area contributed by atoms with Crippen molar-refractivity contribution in [1.82, 2.24) is 14.2 Å². The van der Waals surface area contributed by atoms with Gasteiger partial charge in [0.25, 0.3) is 5.69 Å². The molecule has 1 saturated heterocycles. The van der Waals surface area contributed by atoms with Crippen LogP contribution in [0.5, 0.6) is 0 Å². The number of H-pyrrole nitrogens is 1. The summed E-state index contributed by atoms with van der Waals surface area (Å²) < 4.78 is 27.7. The number of aromatic amines is 1. The minimum absolute atomic E-state index is 0.0858. The molecule has 1 aliphatic rings. The summed E-state index contributed by atoms with van der Waals surface area (Å²) in [5.74, 6) is 0. The normalized spacial score (nSPS) is 16.4. The third kappa shape index (κ3) is 3.51. The van der Waals surface area contributed by atoms with Crippen LogP contribution in [0.15, 0.2) is 59.6 Å². The molecule has 0 saturated carbocycles. The average Bonchev–Trinajstić information content (AvgIpc) is 3.13. The molecular formula is C19H20N4O4S. The highest BCUT2D eigenvalue weighted by Crippen LogP contribution is 2.29. The Morgan fingerprint density at radius 3 is 2.43 bits per heavy atom. The Labute approximate surface area is 162 Å². The fraction of sp³-hybridized carbons (Fsp3) is 0.263. The number of rotatable bonds is 5. The summed E-state index contributed by atoms with van der Waals surface area (Å²) in [6.07, 6.45) is 1.42. The van der Waals surface area contributed by atoms with Crippen LogP contribution in [0.4, 0.5) is 5.69 Å². The van der Waals surface area contributed by atoms with Crippen LogP contribution < -0.4 is 0 Å². The molecule has 0 aliphatic carbocycles. The molecule has 9 heteroatoms. The number of piperazine rings is 1. The SMILES string of the molecule is O=[N+]([O-])c1ccc2[nH]cc(S(=O)(=O)N3CCN(Cc4ccccc4)CC3)c2c1. The van der Waals surface area contributed by atoms with E-state index in [0.717, 1.165) is 6.54 Å². The lowest BCUT2D eigenvalue weighted by molar-refractivity contribution is -0.384. The van der Waals surface area contributed by atoms with Gasteiger partial charge in [-0.05, 0) is 11.6 Å². The molecule has 0 amide bonds. The van der Waals surface area contributed by atoms with E-state index >= 15 is 0 Å². The fourth-order valence-electron chi connectivity index (χ4n) is 3.52. The number of benzene rings is 2. The summed E-state index contributed by atoms with van der Waals surface area (Å²) in [6, 6.07) is 14.3. The highest BCUT2D eigenvalue weighted by molar-refractivity contribution is 7.89. The van der Waals surface area contributed by atoms with Crippen molar-refractivity contribution in [2.45, 2.75) is 11.4 Å². The minimum atomic E-state index is -3.73. The maximum atomic E-state index is 13.1. The highest BCUT2D eigenvalue weighted by Gasteiger charge is 2.31.